The van der Waals surface area contributed by atoms with Crippen molar-refractivity contribution in [1.29, 1.82) is 0 Å². The van der Waals surface area contributed by atoms with Gasteiger partial charge in [-0.05, 0) is 47.8 Å². The average molecular weight is 412 g/mol. The Morgan fingerprint density at radius 1 is 1.32 bits per heavy atom. The van der Waals surface area contributed by atoms with Crippen LogP contribution in [0.5, 0.6) is 0 Å². The second-order valence-electron chi connectivity index (χ2n) is 4.77. The molecule has 0 aromatic heterocycles. The maximum absolute atomic E-state index is 12.8. The van der Waals surface area contributed by atoms with Crippen molar-refractivity contribution >= 4 is 47.6 Å². The lowest BCUT2D eigenvalue weighted by Crippen LogP contribution is -2.42. The van der Waals surface area contributed by atoms with E-state index in [1.54, 1.807) is 16.4 Å². The van der Waals surface area contributed by atoms with Gasteiger partial charge in [0, 0.05) is 21.5 Å². The van der Waals surface area contributed by atoms with Crippen LogP contribution in [0.25, 0.3) is 0 Å². The van der Waals surface area contributed by atoms with Gasteiger partial charge in [-0.2, -0.15) is 4.31 Å². The second-order valence-corrected chi connectivity index (χ2v) is 8.36. The van der Waals surface area contributed by atoms with Crippen LogP contribution < -0.4 is 5.73 Å². The molecule has 1 fully saturated rings. The maximum Gasteiger partial charge on any atom is 0.246 e. The first-order chi connectivity index (χ1) is 8.84. The molecular weight excluding hydrogens is 396 g/mol. The monoisotopic (exact) mass is 410 g/mol. The predicted molar refractivity (Wildman–Crippen MR) is 83.5 cm³/mol. The van der Waals surface area contributed by atoms with Crippen molar-refractivity contribution in [3.05, 3.63) is 21.1 Å². The highest BCUT2D eigenvalue weighted by molar-refractivity contribution is 9.11. The molecule has 1 atom stereocenters. The molecule has 4 nitrogen and oxygen atoms in total. The first-order valence-corrected chi connectivity index (χ1v) is 9.13. The van der Waals surface area contributed by atoms with E-state index in [0.717, 1.165) is 23.7 Å². The van der Waals surface area contributed by atoms with Gasteiger partial charge in [0.25, 0.3) is 0 Å². The Balaban J connectivity index is 2.50. The molecule has 19 heavy (non-hydrogen) atoms. The third-order valence-corrected chi connectivity index (χ3v) is 6.82. The molecule has 0 spiro atoms. The van der Waals surface area contributed by atoms with Gasteiger partial charge in [-0.15, -0.1) is 0 Å². The Bertz CT molecular complexity index is 566. The third-order valence-electron chi connectivity index (χ3n) is 3.35. The highest BCUT2D eigenvalue weighted by Gasteiger charge is 2.33. The van der Waals surface area contributed by atoms with Crippen LogP contribution in [0.3, 0.4) is 0 Å². The van der Waals surface area contributed by atoms with E-state index in [1.165, 1.54) is 0 Å². The topological polar surface area (TPSA) is 63.4 Å². The number of nitrogen functional groups attached to an aromatic ring is 1. The smallest absolute Gasteiger partial charge is 0.246 e. The van der Waals surface area contributed by atoms with Gasteiger partial charge in [-0.25, -0.2) is 8.42 Å². The van der Waals surface area contributed by atoms with Crippen molar-refractivity contribution in [2.75, 3.05) is 12.3 Å². The quantitative estimate of drug-likeness (QED) is 0.758. The molecule has 2 N–H and O–H groups in total. The molecule has 7 heteroatoms. The summed E-state index contributed by atoms with van der Waals surface area (Å²) >= 11 is 6.61. The molecule has 2 rings (SSSR count). The Hall–Kier alpha value is -0.110. The summed E-state index contributed by atoms with van der Waals surface area (Å²) in [6, 6.07) is 3.35. The summed E-state index contributed by atoms with van der Waals surface area (Å²) in [6.45, 7) is 2.51. The van der Waals surface area contributed by atoms with Gasteiger partial charge >= 0.3 is 0 Å². The second kappa shape index (κ2) is 5.71. The van der Waals surface area contributed by atoms with E-state index >= 15 is 0 Å². The van der Waals surface area contributed by atoms with Crippen LogP contribution in [0.4, 0.5) is 5.69 Å². The van der Waals surface area contributed by atoms with Crippen LogP contribution in [0.2, 0.25) is 0 Å². The minimum absolute atomic E-state index is 0.0219. The number of hydrogen-bond donors (Lipinski definition) is 1. The van der Waals surface area contributed by atoms with Crippen molar-refractivity contribution in [2.24, 2.45) is 0 Å². The molecule has 0 bridgehead atoms. The van der Waals surface area contributed by atoms with E-state index in [4.69, 9.17) is 5.73 Å². The van der Waals surface area contributed by atoms with Crippen LogP contribution in [0, 0.1) is 0 Å². The Morgan fingerprint density at radius 3 is 2.58 bits per heavy atom. The highest BCUT2D eigenvalue weighted by Crippen LogP contribution is 2.35. The molecule has 1 saturated heterocycles. The van der Waals surface area contributed by atoms with Gasteiger partial charge in [0.2, 0.25) is 10.0 Å². The largest absolute Gasteiger partial charge is 0.398 e. The summed E-state index contributed by atoms with van der Waals surface area (Å²) in [7, 11) is -3.55. The van der Waals surface area contributed by atoms with Crippen LogP contribution in [-0.4, -0.2) is 25.3 Å². The SMILES string of the molecule is CC1CCCCN1S(=O)(=O)c1c(N)cc(Br)cc1Br. The molecule has 1 aromatic carbocycles. The lowest BCUT2D eigenvalue weighted by molar-refractivity contribution is 0.268. The molecule has 1 heterocycles. The predicted octanol–water partition coefficient (Wildman–Crippen LogP) is 3.36. The van der Waals surface area contributed by atoms with E-state index in [0.29, 0.717) is 11.0 Å². The molecular formula is C12H16Br2N2O2S. The lowest BCUT2D eigenvalue weighted by Gasteiger charge is -2.32. The average Bonchev–Trinajstić information content (AvgIpc) is 2.27. The van der Waals surface area contributed by atoms with Crippen molar-refractivity contribution < 1.29 is 8.42 Å². The number of nitrogens with zero attached hydrogens (tertiary/aromatic N) is 1. The molecule has 1 unspecified atom stereocenters. The Kier molecular flexibility index (Phi) is 4.59. The number of benzene rings is 1. The molecule has 0 radical (unpaired) electrons. The fourth-order valence-corrected chi connectivity index (χ4v) is 6.12. The third kappa shape index (κ3) is 2.99. The van der Waals surface area contributed by atoms with E-state index < -0.39 is 10.0 Å². The van der Waals surface area contributed by atoms with Crippen molar-refractivity contribution in [1.82, 2.24) is 4.31 Å². The summed E-state index contributed by atoms with van der Waals surface area (Å²) in [6.07, 6.45) is 2.87. The van der Waals surface area contributed by atoms with Gasteiger partial charge in [0.15, 0.2) is 0 Å². The molecule has 1 aromatic rings. The van der Waals surface area contributed by atoms with Crippen LogP contribution in [-0.2, 0) is 10.0 Å². The van der Waals surface area contributed by atoms with Crippen LogP contribution in [0.15, 0.2) is 26.0 Å². The molecule has 106 valence electrons. The summed E-state index contributed by atoms with van der Waals surface area (Å²) in [4.78, 5) is 0.171. The minimum Gasteiger partial charge on any atom is -0.398 e. The number of nitrogens with two attached hydrogens (primary N) is 1. The van der Waals surface area contributed by atoms with Gasteiger partial charge in [0.1, 0.15) is 4.90 Å². The number of sulfonamides is 1. The number of hydrogen-bond acceptors (Lipinski definition) is 3. The zero-order valence-corrected chi connectivity index (χ0v) is 14.6. The molecule has 1 aliphatic rings. The fourth-order valence-electron chi connectivity index (χ4n) is 2.40. The first-order valence-electron chi connectivity index (χ1n) is 6.10. The zero-order chi connectivity index (χ0) is 14.2. The normalized spacial score (nSPS) is 21.5. The summed E-state index contributed by atoms with van der Waals surface area (Å²) in [5, 5.41) is 0. The Morgan fingerprint density at radius 2 is 2.00 bits per heavy atom. The van der Waals surface area contributed by atoms with Gasteiger partial charge in [0.05, 0.1) is 5.69 Å². The number of halogens is 2. The van der Waals surface area contributed by atoms with Gasteiger partial charge in [-0.3, -0.25) is 0 Å². The van der Waals surface area contributed by atoms with E-state index in [-0.39, 0.29) is 16.6 Å². The highest BCUT2D eigenvalue weighted by atomic mass is 79.9. The lowest BCUT2D eigenvalue weighted by atomic mass is 10.1. The maximum atomic E-state index is 12.8. The number of anilines is 1. The molecule has 0 amide bonds. The van der Waals surface area contributed by atoms with Gasteiger partial charge < -0.3 is 5.73 Å². The van der Waals surface area contributed by atoms with E-state index in [9.17, 15) is 8.42 Å². The first kappa shape index (κ1) is 15.3. The molecule has 1 aliphatic heterocycles. The van der Waals surface area contributed by atoms with E-state index in [2.05, 4.69) is 31.9 Å². The van der Waals surface area contributed by atoms with Crippen LogP contribution in [0.1, 0.15) is 26.2 Å². The fraction of sp³-hybridized carbons (Fsp3) is 0.500. The van der Waals surface area contributed by atoms with Crippen molar-refractivity contribution in [3.8, 4) is 0 Å². The summed E-state index contributed by atoms with van der Waals surface area (Å²) < 4.78 is 28.3. The summed E-state index contributed by atoms with van der Waals surface area (Å²) in [5.41, 5.74) is 6.16. The van der Waals surface area contributed by atoms with Gasteiger partial charge in [-0.1, -0.05) is 22.4 Å². The minimum atomic E-state index is -3.55. The standard InChI is InChI=1S/C12H16Br2N2O2S/c1-8-4-2-3-5-16(8)19(17,18)12-10(14)6-9(13)7-11(12)15/h6-8H,2-5,15H2,1H3. The van der Waals surface area contributed by atoms with Crippen molar-refractivity contribution in [2.45, 2.75) is 37.1 Å². The molecule has 0 aliphatic carbocycles. The van der Waals surface area contributed by atoms with Crippen LogP contribution >= 0.6 is 31.9 Å². The van der Waals surface area contributed by atoms with E-state index in [1.807, 2.05) is 6.92 Å². The number of piperidine rings is 1. The zero-order valence-electron chi connectivity index (χ0n) is 10.6. The summed E-state index contributed by atoms with van der Waals surface area (Å²) in [5.74, 6) is 0. The molecule has 0 saturated carbocycles. The number of rotatable bonds is 2. The Labute approximate surface area is 130 Å². The van der Waals surface area contributed by atoms with Crippen molar-refractivity contribution in [3.63, 3.8) is 0 Å².